The summed E-state index contributed by atoms with van der Waals surface area (Å²) in [4.78, 5) is 22.0. The zero-order chi connectivity index (χ0) is 21.1. The fraction of sp³-hybridized carbons (Fsp3) is 0.300. The van der Waals surface area contributed by atoms with Crippen LogP contribution in [0.5, 0.6) is 5.88 Å². The molecule has 30 heavy (non-hydrogen) atoms. The van der Waals surface area contributed by atoms with E-state index in [1.807, 2.05) is 11.8 Å². The Labute approximate surface area is 171 Å². The third-order valence-electron chi connectivity index (χ3n) is 4.80. The topological polar surface area (TPSA) is 85.2 Å². The van der Waals surface area contributed by atoms with Gasteiger partial charge in [-0.25, -0.2) is 23.4 Å². The number of rotatable bonds is 6. The molecule has 4 rings (SSSR count). The van der Waals surface area contributed by atoms with Crippen LogP contribution in [0.3, 0.4) is 0 Å². The fourth-order valence-electron chi connectivity index (χ4n) is 3.14. The summed E-state index contributed by atoms with van der Waals surface area (Å²) in [7, 11) is 0. The average Bonchev–Trinajstić information content (AvgIpc) is 3.13. The Morgan fingerprint density at radius 3 is 2.63 bits per heavy atom. The van der Waals surface area contributed by atoms with Crippen molar-refractivity contribution in [2.75, 3.05) is 24.5 Å². The summed E-state index contributed by atoms with van der Waals surface area (Å²) in [6.07, 6.45) is 2.26. The van der Waals surface area contributed by atoms with Crippen LogP contribution in [0.1, 0.15) is 23.2 Å². The van der Waals surface area contributed by atoms with Crippen molar-refractivity contribution in [1.82, 2.24) is 25.1 Å². The highest BCUT2D eigenvalue weighted by Gasteiger charge is 2.18. The van der Waals surface area contributed by atoms with Crippen LogP contribution >= 0.6 is 0 Å². The Morgan fingerprint density at radius 2 is 1.97 bits per heavy atom. The van der Waals surface area contributed by atoms with E-state index >= 15 is 0 Å². The first-order chi connectivity index (χ1) is 14.5. The van der Waals surface area contributed by atoms with Gasteiger partial charge >= 0.3 is 0 Å². The van der Waals surface area contributed by atoms with Gasteiger partial charge in [-0.05, 0) is 24.6 Å². The first-order valence-corrected chi connectivity index (χ1v) is 9.40. The van der Waals surface area contributed by atoms with E-state index in [-0.39, 0.29) is 24.6 Å². The van der Waals surface area contributed by atoms with Crippen molar-refractivity contribution < 1.29 is 18.3 Å². The quantitative estimate of drug-likeness (QED) is 0.667. The maximum Gasteiger partial charge on any atom is 0.263 e. The van der Waals surface area contributed by atoms with Crippen LogP contribution < -0.4 is 15.0 Å². The summed E-state index contributed by atoms with van der Waals surface area (Å²) in [5.41, 5.74) is 2.30. The smallest absolute Gasteiger partial charge is 0.263 e. The number of nitrogens with one attached hydrogen (secondary N) is 1. The number of alkyl halides is 2. The van der Waals surface area contributed by atoms with E-state index in [9.17, 15) is 13.6 Å². The molecule has 1 amide bonds. The van der Waals surface area contributed by atoms with E-state index in [2.05, 4.69) is 20.4 Å². The molecule has 1 aliphatic heterocycles. The second-order valence-corrected chi connectivity index (χ2v) is 6.85. The molecule has 3 heterocycles. The molecule has 0 saturated carbocycles. The number of aryl methyl sites for hydroxylation is 1. The first kappa shape index (κ1) is 19.7. The van der Waals surface area contributed by atoms with Gasteiger partial charge in [-0.3, -0.25) is 4.79 Å². The molecule has 2 aromatic heterocycles. The minimum Gasteiger partial charge on any atom is -0.470 e. The predicted octanol–water partition coefficient (Wildman–Crippen LogP) is 2.42. The number of carbonyl (C=O) groups is 1. The van der Waals surface area contributed by atoms with Gasteiger partial charge in [-0.2, -0.15) is 5.10 Å². The second-order valence-electron chi connectivity index (χ2n) is 6.85. The lowest BCUT2D eigenvalue weighted by atomic mass is 10.2. The number of hydrogen-bond acceptors (Lipinski definition) is 6. The number of carbonyl (C=O) groups excluding carboxylic acids is 1. The summed E-state index contributed by atoms with van der Waals surface area (Å²) in [5, 5.41) is 7.09. The highest BCUT2D eigenvalue weighted by atomic mass is 19.3. The van der Waals surface area contributed by atoms with Crippen LogP contribution in [-0.4, -0.2) is 45.3 Å². The molecule has 1 fully saturated rings. The maximum absolute atomic E-state index is 12.8. The van der Waals surface area contributed by atoms with Crippen LogP contribution in [0.2, 0.25) is 0 Å². The molecular weight excluding hydrogens is 394 g/mol. The second kappa shape index (κ2) is 8.44. The molecule has 0 atom stereocenters. The van der Waals surface area contributed by atoms with Gasteiger partial charge in [0, 0.05) is 18.7 Å². The molecule has 156 valence electrons. The number of benzene rings is 1. The number of aromatic nitrogens is 4. The van der Waals surface area contributed by atoms with Crippen LogP contribution in [0, 0.1) is 6.92 Å². The average molecular weight is 414 g/mol. The zero-order valence-corrected chi connectivity index (χ0v) is 16.3. The van der Waals surface area contributed by atoms with Crippen molar-refractivity contribution >= 4 is 11.7 Å². The van der Waals surface area contributed by atoms with E-state index in [4.69, 9.17) is 4.74 Å². The van der Waals surface area contributed by atoms with Crippen molar-refractivity contribution in [1.29, 1.82) is 0 Å². The molecular formula is C20H20F2N6O2. The van der Waals surface area contributed by atoms with Crippen LogP contribution in [0.25, 0.3) is 5.69 Å². The van der Waals surface area contributed by atoms with E-state index in [1.54, 1.807) is 29.2 Å². The Bertz CT molecular complexity index is 1020. The molecule has 0 spiro atoms. The summed E-state index contributed by atoms with van der Waals surface area (Å²) >= 11 is 0. The number of ether oxygens (including phenoxy) is 1. The highest BCUT2D eigenvalue weighted by Crippen LogP contribution is 2.22. The minimum absolute atomic E-state index is 0.0398. The summed E-state index contributed by atoms with van der Waals surface area (Å²) in [5.74, 6) is 0.895. The van der Waals surface area contributed by atoms with Crippen molar-refractivity contribution in [2.45, 2.75) is 20.0 Å². The molecule has 3 aromatic rings. The third kappa shape index (κ3) is 4.22. The summed E-state index contributed by atoms with van der Waals surface area (Å²) < 4.78 is 33.0. The fourth-order valence-corrected chi connectivity index (χ4v) is 3.14. The summed E-state index contributed by atoms with van der Waals surface area (Å²) in [6, 6.07) is 5.96. The molecule has 0 aliphatic carbocycles. The monoisotopic (exact) mass is 414 g/mol. The zero-order valence-electron chi connectivity index (χ0n) is 16.3. The number of hydrogen-bond donors (Lipinski definition) is 1. The number of piperazine rings is 1. The number of halogens is 2. The van der Waals surface area contributed by atoms with E-state index < -0.39 is 6.43 Å². The largest absolute Gasteiger partial charge is 0.470 e. The lowest BCUT2D eigenvalue weighted by molar-refractivity contribution is -0.120. The molecule has 10 heteroatoms. The molecule has 1 aliphatic rings. The molecule has 1 N–H and O–H groups in total. The van der Waals surface area contributed by atoms with Gasteiger partial charge < -0.3 is 15.0 Å². The number of anilines is 1. The molecule has 0 radical (unpaired) electrons. The van der Waals surface area contributed by atoms with Gasteiger partial charge in [-0.15, -0.1) is 0 Å². The molecule has 0 bridgehead atoms. The predicted molar refractivity (Wildman–Crippen MR) is 105 cm³/mol. The van der Waals surface area contributed by atoms with E-state index in [0.29, 0.717) is 30.5 Å². The van der Waals surface area contributed by atoms with Crippen molar-refractivity contribution in [2.24, 2.45) is 0 Å². The lowest BCUT2D eigenvalue weighted by Gasteiger charge is -2.27. The van der Waals surface area contributed by atoms with Gasteiger partial charge in [0.1, 0.15) is 12.4 Å². The van der Waals surface area contributed by atoms with Gasteiger partial charge in [0.05, 0.1) is 36.5 Å². The molecule has 1 saturated heterocycles. The van der Waals surface area contributed by atoms with E-state index in [1.165, 1.54) is 18.3 Å². The number of nitrogens with zero attached hydrogens (tertiary/aromatic N) is 5. The Morgan fingerprint density at radius 1 is 1.17 bits per heavy atom. The SMILES string of the molecule is Cc1cnn(-c2ccc(C(F)F)cc2)c1COc1cnc(N2CCNC(=O)C2)cn1. The van der Waals surface area contributed by atoms with Crippen molar-refractivity contribution in [3.05, 3.63) is 59.7 Å². The standard InChI is InChI=1S/C20H20F2N6O2/c1-13-8-26-28(15-4-2-14(3-5-15)20(21)22)16(13)12-30-19-10-24-17(9-25-19)27-7-6-23-18(29)11-27/h2-5,8-10,20H,6-7,11-12H2,1H3,(H,23,29). The Kier molecular flexibility index (Phi) is 5.55. The van der Waals surface area contributed by atoms with Crippen molar-refractivity contribution in [3.8, 4) is 11.6 Å². The minimum atomic E-state index is -2.51. The highest BCUT2D eigenvalue weighted by molar-refractivity contribution is 5.82. The molecule has 0 unspecified atom stereocenters. The summed E-state index contributed by atoms with van der Waals surface area (Å²) in [6.45, 7) is 3.57. The molecule has 8 nitrogen and oxygen atoms in total. The van der Waals surface area contributed by atoms with E-state index in [0.717, 1.165) is 11.3 Å². The van der Waals surface area contributed by atoms with Gasteiger partial charge in [0.15, 0.2) is 0 Å². The van der Waals surface area contributed by atoms with Crippen LogP contribution in [0.4, 0.5) is 14.6 Å². The first-order valence-electron chi connectivity index (χ1n) is 9.40. The lowest BCUT2D eigenvalue weighted by Crippen LogP contribution is -2.48. The number of amides is 1. The van der Waals surface area contributed by atoms with Crippen LogP contribution in [0.15, 0.2) is 42.9 Å². The van der Waals surface area contributed by atoms with Gasteiger partial charge in [0.2, 0.25) is 11.8 Å². The third-order valence-corrected chi connectivity index (χ3v) is 4.80. The van der Waals surface area contributed by atoms with Crippen LogP contribution in [-0.2, 0) is 11.4 Å². The van der Waals surface area contributed by atoms with Gasteiger partial charge in [0.25, 0.3) is 6.43 Å². The van der Waals surface area contributed by atoms with Gasteiger partial charge in [-0.1, -0.05) is 12.1 Å². The Hall–Kier alpha value is -3.56. The maximum atomic E-state index is 12.8. The Balaban J connectivity index is 1.45. The van der Waals surface area contributed by atoms with Crippen molar-refractivity contribution in [3.63, 3.8) is 0 Å². The normalized spacial score (nSPS) is 14.1. The molecule has 1 aromatic carbocycles.